The zero-order chi connectivity index (χ0) is 29.0. The summed E-state index contributed by atoms with van der Waals surface area (Å²) in [7, 11) is 0. The third kappa shape index (κ3) is 4.24. The number of anilines is 1. The van der Waals surface area contributed by atoms with Crippen LogP contribution in [0.3, 0.4) is 0 Å². The van der Waals surface area contributed by atoms with Gasteiger partial charge in [0.25, 0.3) is 0 Å². The molecule has 3 aliphatic rings. The Labute approximate surface area is 224 Å². The lowest BCUT2D eigenvalue weighted by molar-refractivity contribution is -0.181. The number of allylic oxidation sites excluding steroid dienone is 1. The number of phenolic OH excluding ortho intramolecular Hbond substituents is 1. The molecule has 4 rings (SSSR count). The van der Waals surface area contributed by atoms with Gasteiger partial charge in [0.05, 0.1) is 35.4 Å². The van der Waals surface area contributed by atoms with Gasteiger partial charge in [-0.3, -0.25) is 19.2 Å². The number of ketones is 2. The molecule has 2 fully saturated rings. The lowest BCUT2D eigenvalue weighted by atomic mass is 9.50. The first-order valence-corrected chi connectivity index (χ1v) is 12.6. The van der Waals surface area contributed by atoms with Gasteiger partial charge in [-0.2, -0.15) is 0 Å². The predicted molar refractivity (Wildman–Crippen MR) is 138 cm³/mol. The molecule has 2 saturated carbocycles. The molecule has 6 unspecified atom stereocenters. The van der Waals surface area contributed by atoms with Gasteiger partial charge < -0.3 is 41.9 Å². The van der Waals surface area contributed by atoms with Gasteiger partial charge in [-0.05, 0) is 38.8 Å². The SMILES string of the molecule is CC(C)=CCNCC(=O)Nc1ccc2c(c1O)C(O)=C1C(=O)C3(O)C(=O)CC(O)CC3C(O)C1C2(C)C(N)=O. The Hall–Kier alpha value is -3.58. The van der Waals surface area contributed by atoms with E-state index in [1.54, 1.807) is 0 Å². The number of Topliss-reactive ketones (excluding diaryl/α,β-unsaturated/α-hetero) is 2. The molecule has 6 atom stereocenters. The average Bonchev–Trinajstić information content (AvgIpc) is 2.85. The number of carbonyl (C=O) groups is 4. The fraction of sp³-hybridized carbons (Fsp3) is 0.481. The molecule has 12 heteroatoms. The van der Waals surface area contributed by atoms with Crippen LogP contribution in [0.4, 0.5) is 5.69 Å². The van der Waals surface area contributed by atoms with Gasteiger partial charge >= 0.3 is 0 Å². The molecular formula is C27H33N3O9. The third-order valence-corrected chi connectivity index (χ3v) is 8.14. The minimum Gasteiger partial charge on any atom is -0.507 e. The maximum Gasteiger partial charge on any atom is 0.238 e. The smallest absolute Gasteiger partial charge is 0.238 e. The molecule has 39 heavy (non-hydrogen) atoms. The van der Waals surface area contributed by atoms with Gasteiger partial charge in [-0.1, -0.05) is 17.7 Å². The first-order valence-electron chi connectivity index (χ1n) is 12.6. The maximum atomic E-state index is 13.7. The fourth-order valence-electron chi connectivity index (χ4n) is 6.05. The number of hydrogen-bond acceptors (Lipinski definition) is 10. The number of aromatic hydroxyl groups is 1. The van der Waals surface area contributed by atoms with Crippen molar-refractivity contribution in [2.45, 2.75) is 56.8 Å². The van der Waals surface area contributed by atoms with Crippen LogP contribution >= 0.6 is 0 Å². The van der Waals surface area contributed by atoms with E-state index in [1.165, 1.54) is 19.1 Å². The Morgan fingerprint density at radius 2 is 1.85 bits per heavy atom. The summed E-state index contributed by atoms with van der Waals surface area (Å²) in [6, 6.07) is 2.63. The van der Waals surface area contributed by atoms with Crippen molar-refractivity contribution in [3.63, 3.8) is 0 Å². The molecule has 210 valence electrons. The van der Waals surface area contributed by atoms with E-state index < -0.39 is 87.5 Å². The molecule has 9 N–H and O–H groups in total. The number of phenols is 1. The number of hydrogen-bond donors (Lipinski definition) is 8. The van der Waals surface area contributed by atoms with E-state index in [0.717, 1.165) is 5.57 Å². The Bertz CT molecular complexity index is 1330. The van der Waals surface area contributed by atoms with E-state index in [4.69, 9.17) is 5.73 Å². The van der Waals surface area contributed by atoms with Crippen molar-refractivity contribution in [1.82, 2.24) is 5.32 Å². The molecule has 0 heterocycles. The van der Waals surface area contributed by atoms with Crippen LogP contribution in [0.25, 0.3) is 5.76 Å². The number of aliphatic hydroxyl groups is 4. The van der Waals surface area contributed by atoms with Gasteiger partial charge in [-0.25, -0.2) is 0 Å². The van der Waals surface area contributed by atoms with Gasteiger partial charge in [0.2, 0.25) is 17.6 Å². The molecule has 0 spiro atoms. The van der Waals surface area contributed by atoms with Crippen LogP contribution in [0.15, 0.2) is 29.4 Å². The summed E-state index contributed by atoms with van der Waals surface area (Å²) >= 11 is 0. The predicted octanol–water partition coefficient (Wildman–Crippen LogP) is -0.457. The van der Waals surface area contributed by atoms with Crippen molar-refractivity contribution in [1.29, 1.82) is 0 Å². The van der Waals surface area contributed by atoms with Crippen LogP contribution in [0.1, 0.15) is 44.7 Å². The largest absolute Gasteiger partial charge is 0.507 e. The Balaban J connectivity index is 1.83. The Kier molecular flexibility index (Phi) is 7.19. The maximum absolute atomic E-state index is 13.7. The summed E-state index contributed by atoms with van der Waals surface area (Å²) in [5, 5.41) is 60.6. The summed E-state index contributed by atoms with van der Waals surface area (Å²) in [6.45, 7) is 5.45. The minimum absolute atomic E-state index is 0.0293. The number of primary amides is 1. The molecule has 2 amide bonds. The van der Waals surface area contributed by atoms with Crippen molar-refractivity contribution < 1.29 is 44.7 Å². The lowest BCUT2D eigenvalue weighted by Crippen LogP contribution is -2.69. The van der Waals surface area contributed by atoms with Crippen LogP contribution < -0.4 is 16.4 Å². The van der Waals surface area contributed by atoms with Crippen LogP contribution in [0, 0.1) is 11.8 Å². The third-order valence-electron chi connectivity index (χ3n) is 8.14. The monoisotopic (exact) mass is 543 g/mol. The summed E-state index contributed by atoms with van der Waals surface area (Å²) in [6.07, 6.45) is -1.95. The normalized spacial score (nSPS) is 31.6. The lowest BCUT2D eigenvalue weighted by Gasteiger charge is -2.53. The van der Waals surface area contributed by atoms with E-state index in [-0.39, 0.29) is 24.2 Å². The molecule has 0 saturated heterocycles. The summed E-state index contributed by atoms with van der Waals surface area (Å²) in [5.41, 5.74) is 0.974. The zero-order valence-electron chi connectivity index (χ0n) is 21.8. The molecule has 0 radical (unpaired) electrons. The van der Waals surface area contributed by atoms with Crippen molar-refractivity contribution in [2.75, 3.05) is 18.4 Å². The number of benzene rings is 1. The first kappa shape index (κ1) is 28.4. The number of nitrogens with one attached hydrogen (secondary N) is 2. The fourth-order valence-corrected chi connectivity index (χ4v) is 6.05. The van der Waals surface area contributed by atoms with Crippen LogP contribution in [-0.4, -0.2) is 79.8 Å². The summed E-state index contributed by atoms with van der Waals surface area (Å²) < 4.78 is 0. The molecule has 1 aromatic rings. The molecule has 3 aliphatic carbocycles. The van der Waals surface area contributed by atoms with E-state index in [0.29, 0.717) is 6.54 Å². The molecular weight excluding hydrogens is 510 g/mol. The number of nitrogens with two attached hydrogens (primary N) is 1. The van der Waals surface area contributed by atoms with Crippen molar-refractivity contribution >= 4 is 34.8 Å². The van der Waals surface area contributed by atoms with Crippen LogP contribution in [-0.2, 0) is 24.6 Å². The molecule has 0 bridgehead atoms. The highest BCUT2D eigenvalue weighted by Gasteiger charge is 2.68. The van der Waals surface area contributed by atoms with Gasteiger partial charge in [0.1, 0.15) is 11.5 Å². The van der Waals surface area contributed by atoms with Crippen molar-refractivity contribution in [2.24, 2.45) is 17.6 Å². The highest BCUT2D eigenvalue weighted by Crippen LogP contribution is 2.57. The van der Waals surface area contributed by atoms with Crippen LogP contribution in [0.2, 0.25) is 0 Å². The van der Waals surface area contributed by atoms with Crippen molar-refractivity contribution in [3.8, 4) is 5.75 Å². The summed E-state index contributed by atoms with van der Waals surface area (Å²) in [5.74, 6) is -8.33. The average molecular weight is 544 g/mol. The van der Waals surface area contributed by atoms with Crippen molar-refractivity contribution in [3.05, 3.63) is 40.5 Å². The number of rotatable bonds is 6. The van der Waals surface area contributed by atoms with Gasteiger partial charge in [0, 0.05) is 30.4 Å². The van der Waals surface area contributed by atoms with E-state index >= 15 is 0 Å². The van der Waals surface area contributed by atoms with E-state index in [9.17, 15) is 44.7 Å². The number of aliphatic hydroxyl groups excluding tert-OH is 3. The minimum atomic E-state index is -2.76. The molecule has 0 aromatic heterocycles. The number of amides is 2. The van der Waals surface area contributed by atoms with Crippen LogP contribution in [0.5, 0.6) is 5.75 Å². The Morgan fingerprint density at radius 3 is 2.46 bits per heavy atom. The number of fused-ring (bicyclic) bond motifs is 3. The standard InChI is InChI=1S/C27H33N3O9/c1-11(2)6-7-29-10-17(33)30-15-5-4-13-18(22(15)35)23(36)19-20(26(13,3)25(28)38)21(34)14-8-12(31)9-16(32)27(14,39)24(19)37/h4-6,12,14,20-21,29,31,34-36,39H,7-10H2,1-3H3,(H2,28,38)(H,30,33). The van der Waals surface area contributed by atoms with Gasteiger partial charge in [-0.15, -0.1) is 0 Å². The second-order valence-corrected chi connectivity index (χ2v) is 10.9. The quantitative estimate of drug-likeness (QED) is 0.0999. The van der Waals surface area contributed by atoms with Gasteiger partial charge in [0.15, 0.2) is 11.4 Å². The highest BCUT2D eigenvalue weighted by atomic mass is 16.3. The molecule has 12 nitrogen and oxygen atoms in total. The molecule has 1 aromatic carbocycles. The zero-order valence-corrected chi connectivity index (χ0v) is 21.8. The summed E-state index contributed by atoms with van der Waals surface area (Å²) in [4.78, 5) is 51.9. The second kappa shape index (κ2) is 9.87. The first-order chi connectivity index (χ1) is 18.2. The number of carbonyl (C=O) groups excluding carboxylic acids is 4. The van der Waals surface area contributed by atoms with E-state index in [2.05, 4.69) is 10.6 Å². The van der Waals surface area contributed by atoms with E-state index in [1.807, 2.05) is 19.9 Å². The molecule has 0 aliphatic heterocycles. The highest BCUT2D eigenvalue weighted by molar-refractivity contribution is 6.22. The Morgan fingerprint density at radius 1 is 1.18 bits per heavy atom. The topological polar surface area (TPSA) is 220 Å². The second-order valence-electron chi connectivity index (χ2n) is 10.9.